The number of hydrogen-bond acceptors (Lipinski definition) is 2. The van der Waals surface area contributed by atoms with Gasteiger partial charge in [-0.05, 0) is 48.1 Å². The van der Waals surface area contributed by atoms with Gasteiger partial charge >= 0.3 is 0 Å². The summed E-state index contributed by atoms with van der Waals surface area (Å²) in [6, 6.07) is 8.66. The third-order valence-corrected chi connectivity index (χ3v) is 5.65. The van der Waals surface area contributed by atoms with E-state index >= 15 is 0 Å². The largest absolute Gasteiger partial charge is 0.494 e. The van der Waals surface area contributed by atoms with Crippen molar-refractivity contribution in [3.05, 3.63) is 75.8 Å². The maximum Gasteiger partial charge on any atom is 0.198 e. The third-order valence-electron chi connectivity index (χ3n) is 4.91. The van der Waals surface area contributed by atoms with E-state index in [0.717, 1.165) is 24.1 Å². The second kappa shape index (κ2) is 6.32. The highest BCUT2D eigenvalue weighted by Crippen LogP contribution is 2.45. The minimum absolute atomic E-state index is 0.00623. The molecule has 2 aliphatic carbocycles. The zero-order valence-corrected chi connectivity index (χ0v) is 14.9. The molecule has 0 fully saturated rings. The molecule has 0 bridgehead atoms. The second-order valence-electron chi connectivity index (χ2n) is 6.41. The fourth-order valence-corrected chi connectivity index (χ4v) is 4.02. The van der Waals surface area contributed by atoms with Crippen molar-refractivity contribution in [3.8, 4) is 11.8 Å². The van der Waals surface area contributed by atoms with Gasteiger partial charge in [-0.25, -0.2) is 0 Å². The molecule has 2 aliphatic rings. The van der Waals surface area contributed by atoms with Crippen molar-refractivity contribution in [2.75, 3.05) is 0 Å². The van der Waals surface area contributed by atoms with Crippen molar-refractivity contribution in [2.45, 2.75) is 18.8 Å². The lowest BCUT2D eigenvalue weighted by atomic mass is 9.73. The average Bonchev–Trinajstić information content (AvgIpc) is 2.95. The van der Waals surface area contributed by atoms with Gasteiger partial charge in [0.25, 0.3) is 0 Å². The number of nitrogens with zero attached hydrogens (tertiary/aromatic N) is 1. The van der Waals surface area contributed by atoms with Crippen LogP contribution < -0.4 is 0 Å². The van der Waals surface area contributed by atoms with Gasteiger partial charge in [-0.15, -0.1) is 0 Å². The summed E-state index contributed by atoms with van der Waals surface area (Å²) in [5.74, 6) is 0.445. The Morgan fingerprint density at radius 1 is 1.00 bits per heavy atom. The molecular weight excluding hydrogens is 357 g/mol. The van der Waals surface area contributed by atoms with Crippen LogP contribution in [0.1, 0.15) is 24.3 Å². The van der Waals surface area contributed by atoms with Crippen molar-refractivity contribution in [1.29, 1.82) is 0 Å². The minimum Gasteiger partial charge on any atom is -0.494 e. The summed E-state index contributed by atoms with van der Waals surface area (Å²) in [6.07, 6.45) is 10.5. The third kappa shape index (κ3) is 2.88. The molecule has 2 N–H and O–H groups in total. The smallest absolute Gasteiger partial charge is 0.198 e. The Labute approximate surface area is 156 Å². The predicted octanol–water partition coefficient (Wildman–Crippen LogP) is 5.74. The highest BCUT2D eigenvalue weighted by Gasteiger charge is 2.30. The molecule has 0 aliphatic heterocycles. The fraction of sp³-hybridized carbons (Fsp3) is 0.200. The van der Waals surface area contributed by atoms with Gasteiger partial charge in [0, 0.05) is 23.7 Å². The Balaban J connectivity index is 1.85. The molecule has 25 heavy (non-hydrogen) atoms. The molecule has 0 spiro atoms. The van der Waals surface area contributed by atoms with Crippen LogP contribution in [0, 0.1) is 5.92 Å². The van der Waals surface area contributed by atoms with Crippen molar-refractivity contribution in [1.82, 2.24) is 4.57 Å². The van der Waals surface area contributed by atoms with Gasteiger partial charge in [-0.2, -0.15) is 0 Å². The van der Waals surface area contributed by atoms with Crippen LogP contribution in [-0.4, -0.2) is 14.8 Å². The van der Waals surface area contributed by atoms with Crippen molar-refractivity contribution in [2.24, 2.45) is 5.92 Å². The maximum atomic E-state index is 10.1. The monoisotopic (exact) mass is 373 g/mol. The minimum atomic E-state index is 0.00623. The molecule has 2 atom stereocenters. The molecule has 5 heteroatoms. The van der Waals surface area contributed by atoms with E-state index in [9.17, 15) is 10.2 Å². The topological polar surface area (TPSA) is 45.4 Å². The normalized spacial score (nSPS) is 22.3. The Hall–Kier alpha value is -2.10. The SMILES string of the molecule is Oc1ccc(O)n1C1=CC(c2ccc(Cl)c(Cl)c2)C2CCC=CC2=C1. The molecule has 0 radical (unpaired) electrons. The zero-order valence-electron chi connectivity index (χ0n) is 13.4. The van der Waals surface area contributed by atoms with E-state index in [4.69, 9.17) is 23.2 Å². The number of hydrogen-bond donors (Lipinski definition) is 2. The maximum absolute atomic E-state index is 10.1. The lowest BCUT2D eigenvalue weighted by molar-refractivity contribution is 0.404. The first-order valence-electron chi connectivity index (χ1n) is 8.19. The first-order chi connectivity index (χ1) is 12.0. The van der Waals surface area contributed by atoms with Crippen LogP contribution in [-0.2, 0) is 0 Å². The van der Waals surface area contributed by atoms with Gasteiger partial charge in [-0.1, -0.05) is 47.5 Å². The van der Waals surface area contributed by atoms with E-state index < -0.39 is 0 Å². The molecule has 1 aromatic heterocycles. The van der Waals surface area contributed by atoms with Gasteiger partial charge in [0.15, 0.2) is 11.8 Å². The van der Waals surface area contributed by atoms with Crippen LogP contribution in [0.3, 0.4) is 0 Å². The number of benzene rings is 1. The highest BCUT2D eigenvalue weighted by molar-refractivity contribution is 6.42. The lowest BCUT2D eigenvalue weighted by Crippen LogP contribution is -2.19. The number of fused-ring (bicyclic) bond motifs is 1. The number of allylic oxidation sites excluding steroid dienone is 6. The first-order valence-corrected chi connectivity index (χ1v) is 8.95. The van der Waals surface area contributed by atoms with Crippen molar-refractivity contribution < 1.29 is 10.2 Å². The predicted molar refractivity (Wildman–Crippen MR) is 101 cm³/mol. The van der Waals surface area contributed by atoms with E-state index in [-0.39, 0.29) is 17.7 Å². The quantitative estimate of drug-likeness (QED) is 0.704. The van der Waals surface area contributed by atoms with Crippen LogP contribution in [0.25, 0.3) is 5.70 Å². The zero-order chi connectivity index (χ0) is 17.6. The molecule has 2 aromatic rings. The summed E-state index contributed by atoms with van der Waals surface area (Å²) in [6.45, 7) is 0. The van der Waals surface area contributed by atoms with Gasteiger partial charge in [0.1, 0.15) is 0 Å². The average molecular weight is 374 g/mol. The molecule has 0 saturated heterocycles. The van der Waals surface area contributed by atoms with Crippen LogP contribution in [0.5, 0.6) is 11.8 Å². The fourth-order valence-electron chi connectivity index (χ4n) is 3.71. The number of halogens is 2. The molecule has 2 unspecified atom stereocenters. The van der Waals surface area contributed by atoms with Crippen LogP contribution in [0.2, 0.25) is 10.0 Å². The Morgan fingerprint density at radius 2 is 1.76 bits per heavy atom. The van der Waals surface area contributed by atoms with Crippen molar-refractivity contribution >= 4 is 28.9 Å². The molecular formula is C20H17Cl2NO2. The van der Waals surface area contributed by atoms with Gasteiger partial charge in [0.2, 0.25) is 0 Å². The number of rotatable bonds is 2. The summed E-state index contributed by atoms with van der Waals surface area (Å²) in [5.41, 5.74) is 3.00. The first kappa shape index (κ1) is 16.4. The van der Waals surface area contributed by atoms with Crippen molar-refractivity contribution in [3.63, 3.8) is 0 Å². The van der Waals surface area contributed by atoms with E-state index in [1.807, 2.05) is 24.3 Å². The van der Waals surface area contributed by atoms with Gasteiger partial charge in [0.05, 0.1) is 10.0 Å². The Kier molecular flexibility index (Phi) is 4.14. The number of aromatic hydroxyl groups is 2. The molecule has 1 heterocycles. The summed E-state index contributed by atoms with van der Waals surface area (Å²) in [5, 5.41) is 21.3. The summed E-state index contributed by atoms with van der Waals surface area (Å²) in [4.78, 5) is 0. The molecule has 1 aromatic carbocycles. The number of aromatic nitrogens is 1. The van der Waals surface area contributed by atoms with Gasteiger partial charge in [-0.3, -0.25) is 4.57 Å². The summed E-state index contributed by atoms with van der Waals surface area (Å²) < 4.78 is 1.44. The highest BCUT2D eigenvalue weighted by atomic mass is 35.5. The van der Waals surface area contributed by atoms with E-state index in [0.29, 0.717) is 16.0 Å². The molecule has 3 nitrogen and oxygen atoms in total. The van der Waals surface area contributed by atoms with E-state index in [2.05, 4.69) is 18.2 Å². The second-order valence-corrected chi connectivity index (χ2v) is 7.22. The molecule has 4 rings (SSSR count). The van der Waals surface area contributed by atoms with Gasteiger partial charge < -0.3 is 10.2 Å². The van der Waals surface area contributed by atoms with Crippen LogP contribution in [0.15, 0.2) is 60.2 Å². The van der Waals surface area contributed by atoms with Crippen LogP contribution in [0.4, 0.5) is 0 Å². The molecule has 0 amide bonds. The summed E-state index contributed by atoms with van der Waals surface area (Å²) in [7, 11) is 0. The standard InChI is InChI=1S/C20H17Cl2NO2/c21-17-6-5-13(10-18(17)22)16-11-14(23-19(24)7-8-20(23)25)9-12-3-1-2-4-15(12)16/h1,3,5-11,15-16,24-25H,2,4H2. The lowest BCUT2D eigenvalue weighted by Gasteiger charge is -2.33. The van der Waals surface area contributed by atoms with E-state index in [1.165, 1.54) is 22.3 Å². The van der Waals surface area contributed by atoms with E-state index in [1.54, 1.807) is 0 Å². The molecule has 0 saturated carbocycles. The Morgan fingerprint density at radius 3 is 2.48 bits per heavy atom. The molecule has 128 valence electrons. The Bertz CT molecular complexity index is 904. The van der Waals surface area contributed by atoms with Crippen LogP contribution >= 0.6 is 23.2 Å². The summed E-state index contributed by atoms with van der Waals surface area (Å²) >= 11 is 12.3.